The molecule has 4 aromatic rings. The van der Waals surface area contributed by atoms with Crippen molar-refractivity contribution >= 4 is 5.82 Å². The maximum Gasteiger partial charge on any atom is 0.434 e. The first kappa shape index (κ1) is 23.7. The first-order chi connectivity index (χ1) is 17.5. The summed E-state index contributed by atoms with van der Waals surface area (Å²) in [4.78, 5) is 10.9. The molecule has 0 aromatic carbocycles. The van der Waals surface area contributed by atoms with Gasteiger partial charge >= 0.3 is 6.18 Å². The zero-order valence-corrected chi connectivity index (χ0v) is 21.5. The van der Waals surface area contributed by atoms with Crippen molar-refractivity contribution < 1.29 is 13.2 Å². The molecule has 0 amide bonds. The lowest BCUT2D eigenvalue weighted by atomic mass is 9.95. The molecule has 2 aliphatic rings. The summed E-state index contributed by atoms with van der Waals surface area (Å²) in [5.74, 6) is 1.05. The van der Waals surface area contributed by atoms with Crippen molar-refractivity contribution in [2.24, 2.45) is 14.1 Å². The van der Waals surface area contributed by atoms with Gasteiger partial charge < -0.3 is 9.47 Å². The molecule has 2 unspecified atom stereocenters. The molecule has 6 heterocycles. The normalized spacial score (nSPS) is 19.2. The lowest BCUT2D eigenvalue weighted by Gasteiger charge is -2.36. The molecule has 6 rings (SSSR count). The summed E-state index contributed by atoms with van der Waals surface area (Å²) in [7, 11) is 3.57. The lowest BCUT2D eigenvalue weighted by Crippen LogP contribution is -2.38. The van der Waals surface area contributed by atoms with Crippen LogP contribution in [0.3, 0.4) is 0 Å². The number of aromatic nitrogens is 7. The Labute approximate surface area is 212 Å². The van der Waals surface area contributed by atoms with Crippen molar-refractivity contribution in [2.75, 3.05) is 4.90 Å². The van der Waals surface area contributed by atoms with E-state index in [4.69, 9.17) is 10.1 Å². The largest absolute Gasteiger partial charge is 0.434 e. The number of nitrogens with zero attached hydrogens (tertiary/aromatic N) is 8. The number of fused-ring (bicyclic) bond motifs is 4. The average Bonchev–Trinajstić information content (AvgIpc) is 3.58. The highest BCUT2D eigenvalue weighted by molar-refractivity contribution is 5.68. The van der Waals surface area contributed by atoms with Crippen molar-refractivity contribution in [3.63, 3.8) is 0 Å². The van der Waals surface area contributed by atoms with E-state index in [2.05, 4.69) is 35.8 Å². The van der Waals surface area contributed by atoms with Crippen LogP contribution in [0.2, 0.25) is 0 Å². The van der Waals surface area contributed by atoms with Gasteiger partial charge in [-0.05, 0) is 51.3 Å². The number of aryl methyl sites for hydroxylation is 3. The van der Waals surface area contributed by atoms with Crippen LogP contribution in [-0.4, -0.2) is 40.1 Å². The van der Waals surface area contributed by atoms with Crippen LogP contribution in [0.4, 0.5) is 19.0 Å². The third kappa shape index (κ3) is 3.66. The van der Waals surface area contributed by atoms with E-state index in [9.17, 15) is 13.2 Å². The second kappa shape index (κ2) is 8.19. The molecule has 0 N–H and O–H groups in total. The van der Waals surface area contributed by atoms with E-state index < -0.39 is 11.9 Å². The molecule has 0 spiro atoms. The molecular formula is C26H29F3N8. The molecule has 8 nitrogen and oxygen atoms in total. The standard InChI is InChI=1S/C26H29F3N8/c1-14(2)37-24(15(3)11-31-37)23-22-18-8-7-17(10-19(22)35(5)33-23)36(18)21-9-6-16(12-30-21)25-32-20(13-34(25)4)26(27,28)29/h6,9,11-14,17-18H,7-8,10H2,1-5H3. The molecule has 37 heavy (non-hydrogen) atoms. The number of pyridine rings is 1. The molecule has 11 heteroatoms. The van der Waals surface area contributed by atoms with Gasteiger partial charge in [0, 0.05) is 61.8 Å². The maximum absolute atomic E-state index is 13.1. The molecule has 1 saturated heterocycles. The van der Waals surface area contributed by atoms with Crippen molar-refractivity contribution in [2.45, 2.75) is 64.3 Å². The van der Waals surface area contributed by atoms with E-state index in [0.29, 0.717) is 11.6 Å². The number of rotatable bonds is 4. The second-order valence-corrected chi connectivity index (χ2v) is 10.4. The van der Waals surface area contributed by atoms with Crippen LogP contribution < -0.4 is 4.90 Å². The van der Waals surface area contributed by atoms with E-state index in [0.717, 1.165) is 48.2 Å². The van der Waals surface area contributed by atoms with Crippen LogP contribution in [0.25, 0.3) is 22.8 Å². The summed E-state index contributed by atoms with van der Waals surface area (Å²) in [6.45, 7) is 6.31. The van der Waals surface area contributed by atoms with Crippen LogP contribution in [-0.2, 0) is 26.7 Å². The van der Waals surface area contributed by atoms with Crippen LogP contribution in [0, 0.1) is 6.92 Å². The minimum Gasteiger partial charge on any atom is -0.346 e. The Morgan fingerprint density at radius 3 is 2.51 bits per heavy atom. The Balaban J connectivity index is 1.38. The number of imidazole rings is 1. The molecule has 2 bridgehead atoms. The van der Waals surface area contributed by atoms with Gasteiger partial charge in [0.2, 0.25) is 0 Å². The van der Waals surface area contributed by atoms with Gasteiger partial charge in [-0.15, -0.1) is 0 Å². The summed E-state index contributed by atoms with van der Waals surface area (Å²) in [6, 6.07) is 4.32. The van der Waals surface area contributed by atoms with Gasteiger partial charge in [0.25, 0.3) is 0 Å². The number of anilines is 1. The topological polar surface area (TPSA) is 69.6 Å². The third-order valence-corrected chi connectivity index (χ3v) is 7.60. The zero-order chi connectivity index (χ0) is 26.2. The molecule has 1 fully saturated rings. The summed E-state index contributed by atoms with van der Waals surface area (Å²) in [5, 5.41) is 9.59. The minimum absolute atomic E-state index is 0.121. The Morgan fingerprint density at radius 1 is 1.08 bits per heavy atom. The van der Waals surface area contributed by atoms with Crippen LogP contribution in [0.5, 0.6) is 0 Å². The zero-order valence-electron chi connectivity index (χ0n) is 21.5. The van der Waals surface area contributed by atoms with E-state index in [1.54, 1.807) is 13.2 Å². The molecule has 2 atom stereocenters. The fraction of sp³-hybridized carbons (Fsp3) is 0.462. The van der Waals surface area contributed by atoms with Gasteiger partial charge in [-0.25, -0.2) is 9.97 Å². The summed E-state index contributed by atoms with van der Waals surface area (Å²) in [6.07, 6.45) is 2.93. The van der Waals surface area contributed by atoms with Gasteiger partial charge in [-0.1, -0.05) is 0 Å². The molecule has 0 aliphatic carbocycles. The summed E-state index contributed by atoms with van der Waals surface area (Å²) < 4.78 is 44.9. The highest BCUT2D eigenvalue weighted by Crippen LogP contribution is 2.49. The van der Waals surface area contributed by atoms with Gasteiger partial charge in [-0.2, -0.15) is 23.4 Å². The van der Waals surface area contributed by atoms with Crippen LogP contribution in [0.15, 0.2) is 30.7 Å². The van der Waals surface area contributed by atoms with Crippen LogP contribution in [0.1, 0.15) is 61.3 Å². The van der Waals surface area contributed by atoms with Gasteiger partial charge in [0.15, 0.2) is 5.69 Å². The summed E-state index contributed by atoms with van der Waals surface area (Å²) in [5.41, 5.74) is 5.24. The molecule has 0 radical (unpaired) electrons. The fourth-order valence-electron chi connectivity index (χ4n) is 5.96. The Morgan fingerprint density at radius 2 is 1.86 bits per heavy atom. The molecular weight excluding hydrogens is 481 g/mol. The molecule has 2 aliphatic heterocycles. The highest BCUT2D eigenvalue weighted by atomic mass is 19.4. The molecule has 194 valence electrons. The lowest BCUT2D eigenvalue weighted by molar-refractivity contribution is -0.140. The van der Waals surface area contributed by atoms with Crippen molar-refractivity contribution in [1.29, 1.82) is 0 Å². The van der Waals surface area contributed by atoms with E-state index in [-0.39, 0.29) is 17.9 Å². The number of hydrogen-bond acceptors (Lipinski definition) is 5. The average molecular weight is 511 g/mol. The maximum atomic E-state index is 13.1. The number of halogens is 3. The fourth-order valence-corrected chi connectivity index (χ4v) is 5.96. The first-order valence-electron chi connectivity index (χ1n) is 12.5. The molecule has 4 aromatic heterocycles. The number of hydrogen-bond donors (Lipinski definition) is 0. The Kier molecular flexibility index (Phi) is 5.26. The second-order valence-electron chi connectivity index (χ2n) is 10.4. The number of alkyl halides is 3. The predicted molar refractivity (Wildman–Crippen MR) is 133 cm³/mol. The van der Waals surface area contributed by atoms with Gasteiger partial charge in [-0.3, -0.25) is 9.36 Å². The molecule has 0 saturated carbocycles. The summed E-state index contributed by atoms with van der Waals surface area (Å²) >= 11 is 0. The smallest absolute Gasteiger partial charge is 0.346 e. The Hall–Kier alpha value is -3.63. The third-order valence-electron chi connectivity index (χ3n) is 7.60. The quantitative estimate of drug-likeness (QED) is 0.375. The monoisotopic (exact) mass is 510 g/mol. The first-order valence-corrected chi connectivity index (χ1v) is 12.5. The van der Waals surface area contributed by atoms with Crippen molar-refractivity contribution in [3.05, 3.63) is 53.2 Å². The van der Waals surface area contributed by atoms with Crippen LogP contribution >= 0.6 is 0 Å². The van der Waals surface area contributed by atoms with Crippen molar-refractivity contribution in [3.8, 4) is 22.8 Å². The van der Waals surface area contributed by atoms with Gasteiger partial charge in [0.1, 0.15) is 17.3 Å². The van der Waals surface area contributed by atoms with E-state index >= 15 is 0 Å². The Bertz CT molecular complexity index is 1470. The van der Waals surface area contributed by atoms with Crippen molar-refractivity contribution in [1.82, 2.24) is 34.1 Å². The van der Waals surface area contributed by atoms with Gasteiger partial charge in [0.05, 0.1) is 17.9 Å². The highest BCUT2D eigenvalue weighted by Gasteiger charge is 2.45. The SMILES string of the molecule is Cc1cnn(C(C)C)c1-c1nn(C)c2c1C1CCC(C2)N1c1ccc(-c2nc(C(F)(F)F)cn2C)cn1. The van der Waals surface area contributed by atoms with E-state index in [1.807, 2.05) is 34.7 Å². The predicted octanol–water partition coefficient (Wildman–Crippen LogP) is 5.25. The minimum atomic E-state index is -4.49. The van der Waals surface area contributed by atoms with E-state index in [1.165, 1.54) is 15.8 Å².